The second-order valence-corrected chi connectivity index (χ2v) is 7.10. The molecule has 0 radical (unpaired) electrons. The molecule has 2 aromatic carbocycles. The van der Waals surface area contributed by atoms with Crippen LogP contribution in [0.3, 0.4) is 0 Å². The van der Waals surface area contributed by atoms with E-state index in [1.165, 1.54) is 0 Å². The zero-order valence-corrected chi connectivity index (χ0v) is 16.0. The molecule has 162 valence electrons. The van der Waals surface area contributed by atoms with Gasteiger partial charge in [-0.05, 0) is 41.8 Å². The molecule has 0 spiro atoms. The summed E-state index contributed by atoms with van der Waals surface area (Å²) in [5.74, 6) is -2.61. The van der Waals surface area contributed by atoms with Gasteiger partial charge in [0.2, 0.25) is 0 Å². The molecule has 0 aliphatic carbocycles. The number of carboxylic acid groups (broad SMARTS) is 1. The third-order valence-corrected chi connectivity index (χ3v) is 5.09. The number of rotatable bonds is 8. The Morgan fingerprint density at radius 2 is 1.83 bits per heavy atom. The normalized spacial score (nSPS) is 16.4. The Labute approximate surface area is 170 Å². The lowest BCUT2D eigenvalue weighted by Crippen LogP contribution is -2.54. The van der Waals surface area contributed by atoms with E-state index in [0.29, 0.717) is 31.5 Å². The number of alkyl halides is 3. The van der Waals surface area contributed by atoms with Gasteiger partial charge in [0.05, 0.1) is 24.5 Å². The molecule has 1 unspecified atom stereocenters. The fourth-order valence-corrected chi connectivity index (χ4v) is 3.64. The Kier molecular flexibility index (Phi) is 6.21. The summed E-state index contributed by atoms with van der Waals surface area (Å²) < 4.78 is 65.1. The van der Waals surface area contributed by atoms with Crippen LogP contribution in [0.25, 0.3) is 0 Å². The third kappa shape index (κ3) is 4.84. The highest BCUT2D eigenvalue weighted by Gasteiger charge is 2.49. The molecule has 30 heavy (non-hydrogen) atoms. The maximum Gasteiger partial charge on any atom is 0.573 e. The van der Waals surface area contributed by atoms with E-state index < -0.39 is 35.2 Å². The van der Waals surface area contributed by atoms with Crippen LogP contribution in [0.15, 0.2) is 42.5 Å². The molecule has 1 fully saturated rings. The molecule has 2 aromatic rings. The fraction of sp³-hybridized carbons (Fsp3) is 0.381. The second kappa shape index (κ2) is 8.51. The van der Waals surface area contributed by atoms with Crippen molar-refractivity contribution in [1.82, 2.24) is 0 Å². The molecule has 0 bridgehead atoms. The van der Waals surface area contributed by atoms with Gasteiger partial charge in [-0.1, -0.05) is 19.1 Å². The topological polar surface area (TPSA) is 65.0 Å². The standard InChI is InChI=1S/C21H20F4O5/c1-2-18(19(26)27)20(11-28-12-20)14-3-5-16(6-4-14)29-10-13-7-15(22)9-17(8-13)30-21(23,24)25/h3-9,18H,2,10-12H2,1H3,(H,26,27). The summed E-state index contributed by atoms with van der Waals surface area (Å²) in [6.07, 6.45) is -4.46. The number of hydrogen-bond acceptors (Lipinski definition) is 4. The molecule has 1 N–H and O–H groups in total. The summed E-state index contributed by atoms with van der Waals surface area (Å²) >= 11 is 0. The Morgan fingerprint density at radius 1 is 1.17 bits per heavy atom. The number of hydrogen-bond donors (Lipinski definition) is 1. The molecule has 0 saturated carbocycles. The molecule has 1 aliphatic rings. The van der Waals surface area contributed by atoms with E-state index >= 15 is 0 Å². The minimum atomic E-state index is -4.92. The van der Waals surface area contributed by atoms with Gasteiger partial charge in [0.25, 0.3) is 0 Å². The summed E-state index contributed by atoms with van der Waals surface area (Å²) in [5, 5.41) is 9.52. The van der Waals surface area contributed by atoms with Crippen LogP contribution < -0.4 is 9.47 Å². The lowest BCUT2D eigenvalue weighted by molar-refractivity contribution is -0.274. The zero-order valence-electron chi connectivity index (χ0n) is 16.0. The van der Waals surface area contributed by atoms with Crippen LogP contribution in [0.1, 0.15) is 24.5 Å². The molecule has 1 atom stereocenters. The summed E-state index contributed by atoms with van der Waals surface area (Å²) in [4.78, 5) is 11.6. The van der Waals surface area contributed by atoms with Crippen molar-refractivity contribution in [3.05, 3.63) is 59.4 Å². The molecule has 1 saturated heterocycles. The number of halogens is 4. The van der Waals surface area contributed by atoms with E-state index in [1.807, 2.05) is 6.92 Å². The first kappa shape index (κ1) is 21.9. The first-order valence-electron chi connectivity index (χ1n) is 9.22. The average molecular weight is 428 g/mol. The van der Waals surface area contributed by atoms with Gasteiger partial charge in [0.15, 0.2) is 0 Å². The number of benzene rings is 2. The van der Waals surface area contributed by atoms with Crippen LogP contribution in [-0.4, -0.2) is 30.7 Å². The maximum absolute atomic E-state index is 13.6. The highest BCUT2D eigenvalue weighted by molar-refractivity contribution is 5.73. The molecule has 0 amide bonds. The van der Waals surface area contributed by atoms with Crippen molar-refractivity contribution < 1.29 is 41.7 Å². The van der Waals surface area contributed by atoms with Gasteiger partial charge in [-0.15, -0.1) is 13.2 Å². The fourth-order valence-electron chi connectivity index (χ4n) is 3.64. The average Bonchev–Trinajstić information content (AvgIpc) is 2.61. The summed E-state index contributed by atoms with van der Waals surface area (Å²) in [5.41, 5.74) is 0.368. The quantitative estimate of drug-likeness (QED) is 0.619. The van der Waals surface area contributed by atoms with Crippen LogP contribution in [0.2, 0.25) is 0 Å². The smallest absolute Gasteiger partial charge is 0.489 e. The van der Waals surface area contributed by atoms with E-state index in [1.54, 1.807) is 24.3 Å². The van der Waals surface area contributed by atoms with Gasteiger partial charge in [-0.25, -0.2) is 4.39 Å². The number of carboxylic acids is 1. The first-order valence-corrected chi connectivity index (χ1v) is 9.22. The van der Waals surface area contributed by atoms with Crippen LogP contribution >= 0.6 is 0 Å². The number of carbonyl (C=O) groups is 1. The largest absolute Gasteiger partial charge is 0.573 e. The minimum absolute atomic E-state index is 0.166. The second-order valence-electron chi connectivity index (χ2n) is 7.10. The van der Waals surface area contributed by atoms with Crippen LogP contribution in [0.5, 0.6) is 11.5 Å². The van der Waals surface area contributed by atoms with Crippen LogP contribution in [-0.2, 0) is 21.6 Å². The van der Waals surface area contributed by atoms with Crippen molar-refractivity contribution in [2.45, 2.75) is 31.7 Å². The van der Waals surface area contributed by atoms with E-state index in [0.717, 1.165) is 17.7 Å². The van der Waals surface area contributed by atoms with Crippen LogP contribution in [0, 0.1) is 11.7 Å². The van der Waals surface area contributed by atoms with E-state index in [9.17, 15) is 27.5 Å². The molecule has 9 heteroatoms. The Balaban J connectivity index is 1.70. The van der Waals surface area contributed by atoms with Gasteiger partial charge in [0.1, 0.15) is 23.9 Å². The zero-order chi connectivity index (χ0) is 21.9. The summed E-state index contributed by atoms with van der Waals surface area (Å²) in [6, 6.07) is 9.49. The van der Waals surface area contributed by atoms with Crippen molar-refractivity contribution in [2.24, 2.45) is 5.92 Å². The summed E-state index contributed by atoms with van der Waals surface area (Å²) in [6.45, 7) is 2.25. The Hall–Kier alpha value is -2.81. The summed E-state index contributed by atoms with van der Waals surface area (Å²) in [7, 11) is 0. The monoisotopic (exact) mass is 428 g/mol. The van der Waals surface area contributed by atoms with Crippen molar-refractivity contribution in [3.8, 4) is 11.5 Å². The highest BCUT2D eigenvalue weighted by atomic mass is 19.4. The maximum atomic E-state index is 13.6. The molecule has 0 aromatic heterocycles. The van der Waals surface area contributed by atoms with Gasteiger partial charge in [-0.3, -0.25) is 4.79 Å². The Bertz CT molecular complexity index is 891. The van der Waals surface area contributed by atoms with Crippen molar-refractivity contribution in [1.29, 1.82) is 0 Å². The van der Waals surface area contributed by atoms with E-state index in [-0.39, 0.29) is 12.2 Å². The van der Waals surface area contributed by atoms with Gasteiger partial charge < -0.3 is 19.3 Å². The van der Waals surface area contributed by atoms with Crippen molar-refractivity contribution in [3.63, 3.8) is 0 Å². The number of ether oxygens (including phenoxy) is 3. The highest BCUT2D eigenvalue weighted by Crippen LogP contribution is 2.41. The minimum Gasteiger partial charge on any atom is -0.489 e. The molecular formula is C21H20F4O5. The van der Waals surface area contributed by atoms with E-state index in [4.69, 9.17) is 9.47 Å². The number of aliphatic carboxylic acids is 1. The molecule has 5 nitrogen and oxygen atoms in total. The molecule has 3 rings (SSSR count). The Morgan fingerprint density at radius 3 is 2.33 bits per heavy atom. The molecule has 1 aliphatic heterocycles. The van der Waals surface area contributed by atoms with Crippen LogP contribution in [0.4, 0.5) is 17.6 Å². The van der Waals surface area contributed by atoms with Crippen molar-refractivity contribution in [2.75, 3.05) is 13.2 Å². The van der Waals surface area contributed by atoms with Crippen molar-refractivity contribution >= 4 is 5.97 Å². The van der Waals surface area contributed by atoms with E-state index in [2.05, 4.69) is 4.74 Å². The lowest BCUT2D eigenvalue weighted by Gasteiger charge is -2.45. The van der Waals surface area contributed by atoms with Gasteiger partial charge >= 0.3 is 12.3 Å². The SMILES string of the molecule is CCC(C(=O)O)C1(c2ccc(OCc3cc(F)cc(OC(F)(F)F)c3)cc2)COC1. The predicted molar refractivity (Wildman–Crippen MR) is 97.8 cm³/mol. The van der Waals surface area contributed by atoms with Gasteiger partial charge in [0, 0.05) is 6.07 Å². The third-order valence-electron chi connectivity index (χ3n) is 5.09. The first-order chi connectivity index (χ1) is 14.1. The molecule has 1 heterocycles. The predicted octanol–water partition coefficient (Wildman–Crippen LogP) is 4.68. The lowest BCUT2D eigenvalue weighted by atomic mass is 9.67. The molecular weight excluding hydrogens is 408 g/mol. The van der Waals surface area contributed by atoms with Gasteiger partial charge in [-0.2, -0.15) is 0 Å².